The molecule has 5 atom stereocenters. The molecular formula is C37H48F2N6O9S. The van der Waals surface area contributed by atoms with Crippen molar-refractivity contribution < 1.29 is 50.6 Å². The first kappa shape index (κ1) is 38.9. The predicted molar refractivity (Wildman–Crippen MR) is 191 cm³/mol. The number of hydrogen-bond acceptors (Lipinski definition) is 9. The number of benzene rings is 1. The van der Waals surface area contributed by atoms with Gasteiger partial charge in [-0.05, 0) is 62.5 Å². The highest BCUT2D eigenvalue weighted by molar-refractivity contribution is 7.87. The summed E-state index contributed by atoms with van der Waals surface area (Å²) in [6.07, 6.45) is 6.37. The number of hydrogen-bond donors (Lipinski definition) is 3. The molecule has 2 saturated carbocycles. The van der Waals surface area contributed by atoms with E-state index >= 15 is 0 Å². The topological polar surface area (TPSA) is 184 Å². The molecule has 5 amide bonds. The number of allylic oxidation sites excluding steroid dienone is 1. The van der Waals surface area contributed by atoms with Crippen LogP contribution in [0.5, 0.6) is 0 Å². The Bertz CT molecular complexity index is 1800. The molecule has 2 aliphatic carbocycles. The Morgan fingerprint density at radius 3 is 2.33 bits per heavy atom. The van der Waals surface area contributed by atoms with E-state index in [1.165, 1.54) is 9.80 Å². The minimum Gasteiger partial charge on any atom is -0.446 e. The molecule has 18 heteroatoms. The molecule has 0 radical (unpaired) electrons. The highest BCUT2D eigenvalue weighted by Crippen LogP contribution is 2.46. The highest BCUT2D eigenvalue weighted by atomic mass is 32.2. The van der Waals surface area contributed by atoms with Crippen LogP contribution in [0.15, 0.2) is 36.4 Å². The summed E-state index contributed by atoms with van der Waals surface area (Å²) in [6.45, 7) is -1.09. The highest BCUT2D eigenvalue weighted by Gasteiger charge is 2.62. The molecule has 55 heavy (non-hydrogen) atoms. The van der Waals surface area contributed by atoms with Gasteiger partial charge in [-0.3, -0.25) is 19.3 Å². The van der Waals surface area contributed by atoms with Gasteiger partial charge < -0.3 is 25.0 Å². The Kier molecular flexibility index (Phi) is 11.1. The number of rotatable bonds is 6. The molecule has 15 nitrogen and oxygen atoms in total. The summed E-state index contributed by atoms with van der Waals surface area (Å²) >= 11 is 0. The van der Waals surface area contributed by atoms with Gasteiger partial charge in [0.1, 0.15) is 29.8 Å². The van der Waals surface area contributed by atoms with Crippen molar-refractivity contribution in [2.45, 2.75) is 126 Å². The van der Waals surface area contributed by atoms with E-state index in [4.69, 9.17) is 9.47 Å². The van der Waals surface area contributed by atoms with Crippen LogP contribution in [0, 0.1) is 5.92 Å². The van der Waals surface area contributed by atoms with Crippen LogP contribution in [0.25, 0.3) is 0 Å². The van der Waals surface area contributed by atoms with Crippen LogP contribution in [-0.2, 0) is 47.2 Å². The van der Waals surface area contributed by atoms with E-state index in [2.05, 4.69) is 10.6 Å². The van der Waals surface area contributed by atoms with E-state index in [9.17, 15) is 41.2 Å². The van der Waals surface area contributed by atoms with Crippen LogP contribution >= 0.6 is 0 Å². The lowest BCUT2D eigenvalue weighted by Gasteiger charge is -2.30. The summed E-state index contributed by atoms with van der Waals surface area (Å²) in [6, 6.07) is 5.25. The van der Waals surface area contributed by atoms with Gasteiger partial charge in [0.05, 0.1) is 13.1 Å². The van der Waals surface area contributed by atoms with E-state index in [0.29, 0.717) is 43.1 Å². The van der Waals surface area contributed by atoms with E-state index in [0.717, 1.165) is 36.8 Å². The summed E-state index contributed by atoms with van der Waals surface area (Å²) < 4.78 is 67.9. The summed E-state index contributed by atoms with van der Waals surface area (Å²) in [7, 11) is -4.68. The number of nitrogens with zero attached hydrogens (tertiary/aromatic N) is 3. The molecule has 4 aliphatic heterocycles. The zero-order valence-corrected chi connectivity index (χ0v) is 31.4. The molecule has 300 valence electrons. The average Bonchev–Trinajstić information content (AvgIpc) is 3.69. The zero-order chi connectivity index (χ0) is 39.0. The number of alkyl halides is 2. The smallest absolute Gasteiger partial charge is 0.410 e. The Balaban J connectivity index is 1.12. The molecule has 4 heterocycles. The zero-order valence-electron chi connectivity index (χ0n) is 30.6. The van der Waals surface area contributed by atoms with Crippen LogP contribution in [0.3, 0.4) is 0 Å². The lowest BCUT2D eigenvalue weighted by molar-refractivity contribution is -0.141. The molecular weight excluding hydrogens is 743 g/mol. The van der Waals surface area contributed by atoms with Crippen molar-refractivity contribution in [2.75, 3.05) is 19.6 Å². The van der Waals surface area contributed by atoms with E-state index < -0.39 is 95.2 Å². The average molecular weight is 791 g/mol. The van der Waals surface area contributed by atoms with Crippen molar-refractivity contribution in [3.63, 3.8) is 0 Å². The van der Waals surface area contributed by atoms with Crippen molar-refractivity contribution >= 4 is 40.1 Å². The third-order valence-corrected chi connectivity index (χ3v) is 13.0. The fourth-order valence-electron chi connectivity index (χ4n) is 8.36. The molecule has 1 aromatic rings. The normalized spacial score (nSPS) is 30.6. The quantitative estimate of drug-likeness (QED) is 0.365. The number of amides is 5. The van der Waals surface area contributed by atoms with Gasteiger partial charge in [0, 0.05) is 38.4 Å². The van der Waals surface area contributed by atoms with Crippen LogP contribution < -0.4 is 15.4 Å². The maximum absolute atomic E-state index is 14.4. The fourth-order valence-corrected chi connectivity index (χ4v) is 9.60. The Morgan fingerprint density at radius 1 is 0.927 bits per heavy atom. The van der Waals surface area contributed by atoms with Gasteiger partial charge >= 0.3 is 22.4 Å². The standard InChI is InChI=1S/C37H48F2N6O9S/c38-36(39)16-17-44(23-36)55(51,52)42-33(48)37-19-26(37)12-4-2-1-3-5-15-29(40-34(49)53-27-13-8-9-14-27)32(47)45-22-28(18-30(45)31(46)41-37)54-35(50)43-20-24-10-6-7-11-25(24)21-43/h4,6-7,10-12,26-30H,1-3,5,8-9,13-23H2,(H,40,49)(H,41,46)(H,42,48)/b12-4-/t26-,28+,29-,30?,37+/m0/s1. The van der Waals surface area contributed by atoms with Gasteiger partial charge in [-0.15, -0.1) is 0 Å². The summed E-state index contributed by atoms with van der Waals surface area (Å²) in [5, 5.41) is 5.44. The molecule has 0 bridgehead atoms. The monoisotopic (exact) mass is 790 g/mol. The number of fused-ring (bicyclic) bond motifs is 3. The number of alkyl carbamates (subject to hydrolysis) is 1. The summed E-state index contributed by atoms with van der Waals surface area (Å²) in [5.74, 6) is -6.33. The fraction of sp³-hybridized carbons (Fsp3) is 0.649. The van der Waals surface area contributed by atoms with Crippen molar-refractivity contribution in [3.05, 3.63) is 47.5 Å². The van der Waals surface area contributed by atoms with Gasteiger partial charge in [-0.2, -0.15) is 12.7 Å². The Hall–Kier alpha value is -4.32. The first-order chi connectivity index (χ1) is 26.2. The maximum atomic E-state index is 14.4. The van der Waals surface area contributed by atoms with Crippen LogP contribution in [-0.4, -0.2) is 108 Å². The SMILES string of the molecule is O=C(N[C@H]1CCCCC/C=C\[C@H]2C[C@@]2(C(=O)NS(=O)(=O)N2CCC(F)(F)C2)NC(=O)C2C[C@@H](OC(=O)N3Cc4ccccc4C3)CN2C1=O)OC1CCCC1. The van der Waals surface area contributed by atoms with Crippen molar-refractivity contribution in [1.82, 2.24) is 29.5 Å². The van der Waals surface area contributed by atoms with Gasteiger partial charge in [0.2, 0.25) is 11.8 Å². The van der Waals surface area contributed by atoms with E-state index in [-0.39, 0.29) is 31.9 Å². The minimum absolute atomic E-state index is 0.0263. The first-order valence-corrected chi connectivity index (χ1v) is 20.7. The minimum atomic E-state index is -4.68. The van der Waals surface area contributed by atoms with Crippen molar-refractivity contribution in [1.29, 1.82) is 0 Å². The molecule has 2 saturated heterocycles. The van der Waals surface area contributed by atoms with Gasteiger partial charge in [-0.1, -0.05) is 49.3 Å². The molecule has 4 fully saturated rings. The second-order valence-corrected chi connectivity index (χ2v) is 17.3. The van der Waals surface area contributed by atoms with Crippen molar-refractivity contribution in [2.24, 2.45) is 5.92 Å². The van der Waals surface area contributed by atoms with Crippen LogP contribution in [0.1, 0.15) is 88.2 Å². The maximum Gasteiger partial charge on any atom is 0.410 e. The number of carbonyl (C=O) groups is 5. The molecule has 3 N–H and O–H groups in total. The van der Waals surface area contributed by atoms with E-state index in [1.807, 2.05) is 35.1 Å². The summed E-state index contributed by atoms with van der Waals surface area (Å²) in [4.78, 5) is 71.7. The lowest BCUT2D eigenvalue weighted by atomic mass is 10.0. The Morgan fingerprint density at radius 2 is 1.64 bits per heavy atom. The second-order valence-electron chi connectivity index (χ2n) is 15.6. The van der Waals surface area contributed by atoms with Gasteiger partial charge in [0.15, 0.2) is 0 Å². The number of carbonyl (C=O) groups excluding carboxylic acids is 5. The number of halogens is 2. The number of ether oxygens (including phenoxy) is 2. The predicted octanol–water partition coefficient (Wildman–Crippen LogP) is 3.24. The second kappa shape index (κ2) is 15.7. The third kappa shape index (κ3) is 8.74. The molecule has 1 aromatic carbocycles. The van der Waals surface area contributed by atoms with Crippen LogP contribution in [0.4, 0.5) is 18.4 Å². The third-order valence-electron chi connectivity index (χ3n) is 11.6. The van der Waals surface area contributed by atoms with Crippen molar-refractivity contribution in [3.8, 4) is 0 Å². The molecule has 0 spiro atoms. The molecule has 1 unspecified atom stereocenters. The largest absolute Gasteiger partial charge is 0.446 e. The molecule has 6 aliphatic rings. The van der Waals surface area contributed by atoms with Crippen LogP contribution in [0.2, 0.25) is 0 Å². The van der Waals surface area contributed by atoms with Gasteiger partial charge in [0.25, 0.3) is 11.8 Å². The van der Waals surface area contributed by atoms with E-state index in [1.54, 1.807) is 6.08 Å². The Labute approximate surface area is 318 Å². The number of nitrogens with one attached hydrogen (secondary N) is 3. The van der Waals surface area contributed by atoms with Gasteiger partial charge in [-0.25, -0.2) is 23.1 Å². The summed E-state index contributed by atoms with van der Waals surface area (Å²) in [5.41, 5.74) is 0.198. The first-order valence-electron chi connectivity index (χ1n) is 19.2. The molecule has 0 aromatic heterocycles. The lowest BCUT2D eigenvalue weighted by Crippen LogP contribution is -2.59. The molecule has 7 rings (SSSR count).